The van der Waals surface area contributed by atoms with Crippen LogP contribution in [0.1, 0.15) is 5.56 Å². The number of aromatic nitrogens is 2. The van der Waals surface area contributed by atoms with E-state index in [1.807, 2.05) is 20.3 Å². The van der Waals surface area contributed by atoms with Crippen molar-refractivity contribution in [2.45, 2.75) is 6.54 Å². The van der Waals surface area contributed by atoms with Crippen molar-refractivity contribution in [2.75, 3.05) is 20.1 Å². The minimum Gasteiger partial charge on any atom is -0.341 e. The molecule has 0 aliphatic carbocycles. The summed E-state index contributed by atoms with van der Waals surface area (Å²) in [7, 11) is 3.72. The monoisotopic (exact) mass is 208 g/mol. The Morgan fingerprint density at radius 2 is 2.47 bits per heavy atom. The maximum Gasteiger partial charge on any atom is 0.228 e. The molecule has 1 saturated heterocycles. The van der Waals surface area contributed by atoms with Crippen LogP contribution in [0.3, 0.4) is 0 Å². The number of aryl methyl sites for hydroxylation is 1. The van der Waals surface area contributed by atoms with Crippen molar-refractivity contribution >= 4 is 5.91 Å². The van der Waals surface area contributed by atoms with E-state index in [1.165, 1.54) is 0 Å². The highest BCUT2D eigenvalue weighted by atomic mass is 16.2. The minimum absolute atomic E-state index is 0.173. The molecule has 0 unspecified atom stereocenters. The predicted molar refractivity (Wildman–Crippen MR) is 56.0 cm³/mol. The molecule has 0 atom stereocenters. The summed E-state index contributed by atoms with van der Waals surface area (Å²) in [5.41, 5.74) is 1.07. The van der Waals surface area contributed by atoms with Crippen molar-refractivity contribution in [3.63, 3.8) is 0 Å². The average Bonchev–Trinajstić information content (AvgIpc) is 2.48. The number of hydrogen-bond donors (Lipinski definition) is 1. The van der Waals surface area contributed by atoms with Crippen molar-refractivity contribution in [2.24, 2.45) is 13.0 Å². The van der Waals surface area contributed by atoms with E-state index in [-0.39, 0.29) is 11.8 Å². The molecule has 1 aromatic rings. The second kappa shape index (κ2) is 4.02. The summed E-state index contributed by atoms with van der Waals surface area (Å²) in [6.45, 7) is 2.27. The van der Waals surface area contributed by atoms with Gasteiger partial charge in [-0.3, -0.25) is 9.48 Å². The summed E-state index contributed by atoms with van der Waals surface area (Å²) in [6, 6.07) is 0. The van der Waals surface area contributed by atoms with Gasteiger partial charge in [0.15, 0.2) is 0 Å². The van der Waals surface area contributed by atoms with Gasteiger partial charge in [-0.1, -0.05) is 0 Å². The summed E-state index contributed by atoms with van der Waals surface area (Å²) in [6.07, 6.45) is 3.73. The fourth-order valence-corrected chi connectivity index (χ4v) is 1.68. The molecule has 5 heteroatoms. The Morgan fingerprint density at radius 3 is 2.93 bits per heavy atom. The largest absolute Gasteiger partial charge is 0.341 e. The Morgan fingerprint density at radius 1 is 1.73 bits per heavy atom. The van der Waals surface area contributed by atoms with Crippen LogP contribution in [0.25, 0.3) is 0 Å². The first-order valence-corrected chi connectivity index (χ1v) is 5.10. The van der Waals surface area contributed by atoms with Crippen LogP contribution < -0.4 is 5.32 Å². The molecule has 2 heterocycles. The van der Waals surface area contributed by atoms with Gasteiger partial charge in [0.05, 0.1) is 12.1 Å². The van der Waals surface area contributed by atoms with Crippen LogP contribution in [0, 0.1) is 5.92 Å². The molecular formula is C10H16N4O. The van der Waals surface area contributed by atoms with Crippen LogP contribution in [0.15, 0.2) is 12.4 Å². The number of nitrogens with zero attached hydrogens (tertiary/aromatic N) is 3. The topological polar surface area (TPSA) is 50.2 Å². The Bertz CT molecular complexity index is 356. The van der Waals surface area contributed by atoms with Crippen molar-refractivity contribution < 1.29 is 4.79 Å². The Labute approximate surface area is 89.1 Å². The van der Waals surface area contributed by atoms with E-state index < -0.39 is 0 Å². The summed E-state index contributed by atoms with van der Waals surface area (Å²) in [5.74, 6) is 0.393. The molecular weight excluding hydrogens is 192 g/mol. The highest BCUT2D eigenvalue weighted by molar-refractivity contribution is 5.79. The van der Waals surface area contributed by atoms with Gasteiger partial charge in [-0.25, -0.2) is 0 Å². The maximum absolute atomic E-state index is 11.8. The van der Waals surface area contributed by atoms with E-state index in [0.29, 0.717) is 6.54 Å². The smallest absolute Gasteiger partial charge is 0.228 e. The van der Waals surface area contributed by atoms with Crippen LogP contribution in [0.4, 0.5) is 0 Å². The summed E-state index contributed by atoms with van der Waals surface area (Å²) >= 11 is 0. The van der Waals surface area contributed by atoms with E-state index in [9.17, 15) is 4.79 Å². The van der Waals surface area contributed by atoms with Crippen molar-refractivity contribution in [3.05, 3.63) is 18.0 Å². The Hall–Kier alpha value is -1.36. The van der Waals surface area contributed by atoms with Crippen molar-refractivity contribution in [3.8, 4) is 0 Å². The molecule has 2 rings (SSSR count). The van der Waals surface area contributed by atoms with Crippen LogP contribution in [-0.2, 0) is 18.4 Å². The van der Waals surface area contributed by atoms with Gasteiger partial charge in [0.2, 0.25) is 5.91 Å². The third kappa shape index (κ3) is 2.18. The van der Waals surface area contributed by atoms with Gasteiger partial charge < -0.3 is 10.2 Å². The van der Waals surface area contributed by atoms with Gasteiger partial charge in [-0.05, 0) is 0 Å². The molecule has 0 aromatic carbocycles. The molecule has 82 valence electrons. The number of carbonyl (C=O) groups excluding carboxylic acids is 1. The predicted octanol–water partition coefficient (Wildman–Crippen LogP) is -0.402. The van der Waals surface area contributed by atoms with Crippen LogP contribution in [0.2, 0.25) is 0 Å². The maximum atomic E-state index is 11.8. The van der Waals surface area contributed by atoms with Gasteiger partial charge >= 0.3 is 0 Å². The standard InChI is InChI=1S/C10H16N4O/c1-13(10(15)9-4-11-5-9)6-8-3-12-14(2)7-8/h3,7,9,11H,4-6H2,1-2H3. The van der Waals surface area contributed by atoms with E-state index in [4.69, 9.17) is 0 Å². The molecule has 0 radical (unpaired) electrons. The second-order valence-electron chi connectivity index (χ2n) is 4.07. The van der Waals surface area contributed by atoms with Gasteiger partial charge in [-0.2, -0.15) is 5.10 Å². The van der Waals surface area contributed by atoms with E-state index in [2.05, 4.69) is 10.4 Å². The Kier molecular flexibility index (Phi) is 2.73. The molecule has 1 amide bonds. The number of amides is 1. The summed E-state index contributed by atoms with van der Waals surface area (Å²) in [4.78, 5) is 13.6. The lowest BCUT2D eigenvalue weighted by atomic mass is 10.0. The second-order valence-corrected chi connectivity index (χ2v) is 4.07. The fourth-order valence-electron chi connectivity index (χ4n) is 1.68. The van der Waals surface area contributed by atoms with E-state index in [0.717, 1.165) is 18.7 Å². The molecule has 0 spiro atoms. The van der Waals surface area contributed by atoms with Gasteiger partial charge in [0.1, 0.15) is 0 Å². The third-order valence-corrected chi connectivity index (χ3v) is 2.69. The van der Waals surface area contributed by atoms with Gasteiger partial charge in [0, 0.05) is 45.5 Å². The average molecular weight is 208 g/mol. The highest BCUT2D eigenvalue weighted by Gasteiger charge is 2.27. The normalized spacial score (nSPS) is 16.1. The highest BCUT2D eigenvalue weighted by Crippen LogP contribution is 2.09. The molecule has 1 aliphatic rings. The molecule has 0 bridgehead atoms. The molecule has 5 nitrogen and oxygen atoms in total. The minimum atomic E-state index is 0.173. The van der Waals surface area contributed by atoms with Crippen LogP contribution in [0.5, 0.6) is 0 Å². The number of hydrogen-bond acceptors (Lipinski definition) is 3. The quantitative estimate of drug-likeness (QED) is 0.735. The van der Waals surface area contributed by atoms with Gasteiger partial charge in [0.25, 0.3) is 0 Å². The molecule has 0 saturated carbocycles. The first-order chi connectivity index (χ1) is 7.16. The van der Waals surface area contributed by atoms with E-state index in [1.54, 1.807) is 15.8 Å². The molecule has 1 N–H and O–H groups in total. The first-order valence-electron chi connectivity index (χ1n) is 5.10. The zero-order valence-corrected chi connectivity index (χ0v) is 9.10. The number of carbonyl (C=O) groups is 1. The molecule has 15 heavy (non-hydrogen) atoms. The first kappa shape index (κ1) is 10.2. The lowest BCUT2D eigenvalue weighted by Gasteiger charge is -2.30. The molecule has 1 aromatic heterocycles. The fraction of sp³-hybridized carbons (Fsp3) is 0.600. The Balaban J connectivity index is 1.91. The van der Waals surface area contributed by atoms with Crippen molar-refractivity contribution in [1.82, 2.24) is 20.0 Å². The van der Waals surface area contributed by atoms with Crippen molar-refractivity contribution in [1.29, 1.82) is 0 Å². The summed E-state index contributed by atoms with van der Waals surface area (Å²) in [5, 5.41) is 7.18. The lowest BCUT2D eigenvalue weighted by Crippen LogP contribution is -2.50. The zero-order valence-electron chi connectivity index (χ0n) is 9.10. The zero-order chi connectivity index (χ0) is 10.8. The molecule has 1 aliphatic heterocycles. The lowest BCUT2D eigenvalue weighted by molar-refractivity contribution is -0.136. The summed E-state index contributed by atoms with van der Waals surface area (Å²) < 4.78 is 1.75. The number of nitrogens with one attached hydrogen (secondary N) is 1. The molecule has 1 fully saturated rings. The number of rotatable bonds is 3. The van der Waals surface area contributed by atoms with Crippen LogP contribution >= 0.6 is 0 Å². The van der Waals surface area contributed by atoms with Gasteiger partial charge in [-0.15, -0.1) is 0 Å². The SMILES string of the molecule is CN(Cc1cnn(C)c1)C(=O)C1CNC1. The third-order valence-electron chi connectivity index (χ3n) is 2.69. The van der Waals surface area contributed by atoms with Crippen LogP contribution in [-0.4, -0.2) is 40.7 Å². The van der Waals surface area contributed by atoms with E-state index >= 15 is 0 Å².